The number of nitrogens with zero attached hydrogens (tertiary/aromatic N) is 2. The molecule has 1 saturated heterocycles. The Morgan fingerprint density at radius 2 is 1.40 bits per heavy atom. The van der Waals surface area contributed by atoms with Crippen molar-refractivity contribution < 1.29 is 43.4 Å². The van der Waals surface area contributed by atoms with Gasteiger partial charge < -0.3 is 42.2 Å². The molecule has 1 aliphatic rings. The smallest absolute Gasteiger partial charge is 0.328 e. The minimum Gasteiger partial charge on any atom is -0.467 e. The van der Waals surface area contributed by atoms with Gasteiger partial charge in [0.15, 0.2) is 0 Å². The quantitative estimate of drug-likeness (QED) is 0.0588. The van der Waals surface area contributed by atoms with Gasteiger partial charge in [-0.2, -0.15) is 0 Å². The summed E-state index contributed by atoms with van der Waals surface area (Å²) < 4.78 is 4.96. The fourth-order valence-electron chi connectivity index (χ4n) is 7.42. The van der Waals surface area contributed by atoms with E-state index in [0.717, 1.165) is 10.9 Å². The molecule has 0 radical (unpaired) electrons. The van der Waals surface area contributed by atoms with Gasteiger partial charge in [0, 0.05) is 24.8 Å². The van der Waals surface area contributed by atoms with Gasteiger partial charge in [-0.1, -0.05) is 105 Å². The van der Waals surface area contributed by atoms with Gasteiger partial charge in [-0.25, -0.2) is 9.78 Å². The maximum atomic E-state index is 13.9. The molecule has 1 aromatic heterocycles. The third kappa shape index (κ3) is 13.4. The van der Waals surface area contributed by atoms with Crippen LogP contribution in [0.5, 0.6) is 0 Å². The number of pyridine rings is 1. The number of carbonyl (C=O) groups excluding carboxylic acids is 7. The number of nitrogens with one attached hydrogen (secondary N) is 5. The molecular formula is C46H56N8O9. The average Bonchev–Trinajstić information content (AvgIpc) is 3.79. The molecule has 1 aliphatic heterocycles. The van der Waals surface area contributed by atoms with Crippen molar-refractivity contribution in [2.45, 2.75) is 88.8 Å². The van der Waals surface area contributed by atoms with E-state index in [1.165, 1.54) is 18.1 Å². The number of hydrogen-bond donors (Lipinski definition) is 7. The number of esters is 1. The molecular weight excluding hydrogens is 809 g/mol. The Balaban J connectivity index is 1.24. The van der Waals surface area contributed by atoms with Crippen molar-refractivity contribution >= 4 is 52.3 Å². The number of hydrogen-bond acceptors (Lipinski definition) is 11. The Morgan fingerprint density at radius 1 is 0.778 bits per heavy atom. The van der Waals surface area contributed by atoms with Crippen LogP contribution < -0.4 is 32.3 Å². The zero-order valence-corrected chi connectivity index (χ0v) is 35.6. The maximum Gasteiger partial charge on any atom is 0.328 e. The van der Waals surface area contributed by atoms with Crippen LogP contribution in [0.25, 0.3) is 10.9 Å². The van der Waals surface area contributed by atoms with Gasteiger partial charge >= 0.3 is 5.97 Å². The van der Waals surface area contributed by atoms with E-state index in [-0.39, 0.29) is 31.0 Å². The lowest BCUT2D eigenvalue weighted by atomic mass is 9.96. The second-order valence-corrected chi connectivity index (χ2v) is 15.6. The molecule has 1 unspecified atom stereocenters. The number of aliphatic hydroxyl groups is 1. The van der Waals surface area contributed by atoms with Crippen molar-refractivity contribution in [1.29, 1.82) is 0 Å². The number of benzene rings is 3. The maximum absolute atomic E-state index is 13.9. The minimum absolute atomic E-state index is 0.00198. The topological polar surface area (TPSA) is 251 Å². The van der Waals surface area contributed by atoms with Crippen molar-refractivity contribution in [1.82, 2.24) is 36.5 Å². The number of carbonyl (C=O) groups is 7. The van der Waals surface area contributed by atoms with Crippen molar-refractivity contribution in [2.24, 2.45) is 11.7 Å². The fourth-order valence-corrected chi connectivity index (χ4v) is 7.42. The monoisotopic (exact) mass is 864 g/mol. The molecule has 0 spiro atoms. The number of amides is 6. The number of aromatic nitrogens is 1. The minimum atomic E-state index is -1.46. The Hall–Kier alpha value is -6.72. The van der Waals surface area contributed by atoms with E-state index in [0.29, 0.717) is 36.9 Å². The van der Waals surface area contributed by atoms with Gasteiger partial charge in [-0.15, -0.1) is 0 Å². The number of fused-ring (bicyclic) bond motifs is 1. The Labute approximate surface area is 365 Å². The summed E-state index contributed by atoms with van der Waals surface area (Å²) in [5.41, 5.74) is 7.51. The summed E-state index contributed by atoms with van der Waals surface area (Å²) >= 11 is 0. The first kappa shape index (κ1) is 47.3. The first-order chi connectivity index (χ1) is 30.3. The number of nitrogens with two attached hydrogens (primary N) is 1. The molecule has 8 N–H and O–H groups in total. The normalized spacial score (nSPS) is 16.6. The summed E-state index contributed by atoms with van der Waals surface area (Å²) in [7, 11) is 1.23. The molecule has 1 fully saturated rings. The number of primary amides is 1. The number of aliphatic hydroxyl groups excluding tert-OH is 1. The van der Waals surface area contributed by atoms with Crippen LogP contribution in [-0.4, -0.2) is 113 Å². The second kappa shape index (κ2) is 22.9. The molecule has 2 heterocycles. The SMILES string of the molecule is CC[C@H](C)[C@H](NC(=O)[C@@H]1CCCN1C(O)CNC(=O)[C@H](Cc1ccccc1)NC(=O)[C@H](CC(N)=O)NC(=O)c1ccc2ccccc2n1)C(=O)N[C@@H](Cc1ccccc1)C(=O)OC. The van der Waals surface area contributed by atoms with Gasteiger partial charge in [0.05, 0.1) is 31.6 Å². The van der Waals surface area contributed by atoms with Crippen LogP contribution in [0.15, 0.2) is 97.1 Å². The van der Waals surface area contributed by atoms with Gasteiger partial charge in [0.2, 0.25) is 29.5 Å². The number of likely N-dealkylation sites (tertiary alicyclic amines) is 1. The van der Waals surface area contributed by atoms with Gasteiger partial charge in [-0.05, 0) is 42.0 Å². The molecule has 3 aromatic carbocycles. The molecule has 0 aliphatic carbocycles. The molecule has 63 heavy (non-hydrogen) atoms. The predicted molar refractivity (Wildman–Crippen MR) is 233 cm³/mol. The molecule has 0 bridgehead atoms. The summed E-state index contributed by atoms with van der Waals surface area (Å²) in [4.78, 5) is 99.1. The third-order valence-electron chi connectivity index (χ3n) is 11.1. The van der Waals surface area contributed by atoms with E-state index in [1.807, 2.05) is 56.3 Å². The Kier molecular flexibility index (Phi) is 17.2. The summed E-state index contributed by atoms with van der Waals surface area (Å²) in [6.45, 7) is 3.65. The first-order valence-electron chi connectivity index (χ1n) is 21.0. The largest absolute Gasteiger partial charge is 0.467 e. The summed E-state index contributed by atoms with van der Waals surface area (Å²) in [6.07, 6.45) is -0.297. The highest BCUT2D eigenvalue weighted by Crippen LogP contribution is 2.21. The fraction of sp³-hybridized carbons (Fsp3) is 0.391. The highest BCUT2D eigenvalue weighted by atomic mass is 16.5. The molecule has 5 rings (SSSR count). The molecule has 17 nitrogen and oxygen atoms in total. The first-order valence-corrected chi connectivity index (χ1v) is 21.0. The number of rotatable bonds is 21. The van der Waals surface area contributed by atoms with Crippen LogP contribution in [-0.2, 0) is 46.3 Å². The summed E-state index contributed by atoms with van der Waals surface area (Å²) in [5, 5.41) is 25.6. The highest BCUT2D eigenvalue weighted by molar-refractivity contribution is 6.00. The zero-order valence-electron chi connectivity index (χ0n) is 35.6. The lowest BCUT2D eigenvalue weighted by Crippen LogP contribution is -2.59. The van der Waals surface area contributed by atoms with E-state index < -0.39 is 84.3 Å². The molecule has 6 amide bonds. The third-order valence-corrected chi connectivity index (χ3v) is 11.1. The van der Waals surface area contributed by atoms with Gasteiger partial charge in [0.25, 0.3) is 5.91 Å². The standard InChI is InChI=1S/C46H56N8O9/c1-4-28(2)40(45(61)52-36(46(62)63-3)25-30-16-9-6-10-17-30)53-44(60)37-20-13-23-54(37)39(56)27-48-41(57)34(24-29-14-7-5-8-15-29)50-43(59)35(26-38(47)55)51-42(58)33-22-21-31-18-11-12-19-32(31)49-33/h5-12,14-19,21-22,28,34-37,39-40,56H,4,13,20,23-27H2,1-3H3,(H2,47,55)(H,48,57)(H,50,59)(H,51,58)(H,52,61)(H,53,60)/t28-,34-,35-,36-,37-,39?,40-/m0/s1. The molecule has 334 valence electrons. The molecule has 7 atom stereocenters. The lowest BCUT2D eigenvalue weighted by molar-refractivity contribution is -0.145. The number of para-hydroxylation sites is 1. The molecule has 4 aromatic rings. The lowest BCUT2D eigenvalue weighted by Gasteiger charge is -2.32. The molecule has 0 saturated carbocycles. The second-order valence-electron chi connectivity index (χ2n) is 15.6. The predicted octanol–water partition coefficient (Wildman–Crippen LogP) is 1.27. The zero-order chi connectivity index (χ0) is 45.5. The van der Waals surface area contributed by atoms with Crippen LogP contribution in [0.1, 0.15) is 61.1 Å². The van der Waals surface area contributed by atoms with Crippen molar-refractivity contribution in [3.8, 4) is 0 Å². The van der Waals surface area contributed by atoms with Crippen molar-refractivity contribution in [2.75, 3.05) is 20.2 Å². The van der Waals surface area contributed by atoms with E-state index in [1.54, 1.807) is 48.5 Å². The van der Waals surface area contributed by atoms with Gasteiger partial charge in [0.1, 0.15) is 36.1 Å². The average molecular weight is 865 g/mol. The summed E-state index contributed by atoms with van der Waals surface area (Å²) in [6, 6.07) is 22.7. The van der Waals surface area contributed by atoms with E-state index in [4.69, 9.17) is 10.5 Å². The van der Waals surface area contributed by atoms with Crippen LogP contribution in [0.3, 0.4) is 0 Å². The number of ether oxygens (including phenoxy) is 1. The van der Waals surface area contributed by atoms with Crippen LogP contribution in [0, 0.1) is 5.92 Å². The Morgan fingerprint density at radius 3 is 2.03 bits per heavy atom. The Bertz CT molecular complexity index is 2230. The number of methoxy groups -OCH3 is 1. The van der Waals surface area contributed by atoms with Gasteiger partial charge in [-0.3, -0.25) is 33.7 Å². The van der Waals surface area contributed by atoms with Crippen LogP contribution in [0.2, 0.25) is 0 Å². The van der Waals surface area contributed by atoms with Crippen molar-refractivity contribution in [3.05, 3.63) is 114 Å². The van der Waals surface area contributed by atoms with Crippen LogP contribution in [0.4, 0.5) is 0 Å². The van der Waals surface area contributed by atoms with Crippen molar-refractivity contribution in [3.63, 3.8) is 0 Å². The van der Waals surface area contributed by atoms with E-state index >= 15 is 0 Å². The van der Waals surface area contributed by atoms with E-state index in [2.05, 4.69) is 31.6 Å². The highest BCUT2D eigenvalue weighted by Gasteiger charge is 2.39. The van der Waals surface area contributed by atoms with E-state index in [9.17, 15) is 38.7 Å². The summed E-state index contributed by atoms with van der Waals surface area (Å²) in [5.74, 6) is -5.17. The molecule has 17 heteroatoms. The van der Waals surface area contributed by atoms with Crippen LogP contribution >= 0.6 is 0 Å².